The number of likely N-dealkylation sites (tertiary alicyclic amines) is 1. The molecule has 1 N–H and O–H groups in total. The predicted octanol–water partition coefficient (Wildman–Crippen LogP) is -0.859. The predicted molar refractivity (Wildman–Crippen MR) is 43.8 cm³/mol. The van der Waals surface area contributed by atoms with Crippen LogP contribution in [0.5, 0.6) is 0 Å². The molecule has 1 fully saturated rings. The number of hydrogen-bond acceptors (Lipinski definition) is 4. The first-order valence-electron chi connectivity index (χ1n) is 4.09. The lowest BCUT2D eigenvalue weighted by atomic mass is 10.2. The Bertz CT molecular complexity index is 228. The van der Waals surface area contributed by atoms with E-state index >= 15 is 0 Å². The summed E-state index contributed by atoms with van der Waals surface area (Å²) in [6, 6.07) is -0.613. The Morgan fingerprint density at radius 1 is 1.54 bits per heavy atom. The molecule has 5 nitrogen and oxygen atoms in total. The van der Waals surface area contributed by atoms with Crippen LogP contribution in [0.3, 0.4) is 0 Å². The number of carbonyl (C=O) groups excluding carboxylic acids is 2. The Kier molecular flexibility index (Phi) is 2.87. The van der Waals surface area contributed by atoms with Crippen LogP contribution in [0.15, 0.2) is 0 Å². The minimum Gasteiger partial charge on any atom is -0.467 e. The summed E-state index contributed by atoms with van der Waals surface area (Å²) in [6.07, 6.45) is -0.347. The monoisotopic (exact) mass is 187 g/mol. The van der Waals surface area contributed by atoms with E-state index in [9.17, 15) is 14.7 Å². The summed E-state index contributed by atoms with van der Waals surface area (Å²) in [4.78, 5) is 23.5. The molecule has 0 aliphatic carbocycles. The number of rotatable bonds is 1. The van der Waals surface area contributed by atoms with Crippen molar-refractivity contribution in [2.24, 2.45) is 0 Å². The molecule has 0 radical (unpaired) electrons. The van der Waals surface area contributed by atoms with Crippen molar-refractivity contribution in [3.05, 3.63) is 0 Å². The summed E-state index contributed by atoms with van der Waals surface area (Å²) < 4.78 is 4.52. The summed E-state index contributed by atoms with van der Waals surface area (Å²) >= 11 is 0. The summed E-state index contributed by atoms with van der Waals surface area (Å²) in [5.74, 6) is -0.682. The van der Waals surface area contributed by atoms with E-state index in [1.807, 2.05) is 0 Å². The molecule has 0 aromatic heterocycles. The number of nitrogens with zero attached hydrogens (tertiary/aromatic N) is 1. The molecule has 1 amide bonds. The van der Waals surface area contributed by atoms with Gasteiger partial charge >= 0.3 is 5.97 Å². The van der Waals surface area contributed by atoms with E-state index in [-0.39, 0.29) is 18.9 Å². The third-order valence-corrected chi connectivity index (χ3v) is 2.16. The maximum atomic E-state index is 11.1. The van der Waals surface area contributed by atoms with Crippen LogP contribution in [-0.4, -0.2) is 47.7 Å². The van der Waals surface area contributed by atoms with E-state index in [0.29, 0.717) is 0 Å². The average Bonchev–Trinajstić information content (AvgIpc) is 2.46. The van der Waals surface area contributed by atoms with Gasteiger partial charge in [-0.25, -0.2) is 4.79 Å². The van der Waals surface area contributed by atoms with Gasteiger partial charge in [-0.05, 0) is 0 Å². The molecule has 1 heterocycles. The molecule has 5 heteroatoms. The number of methoxy groups -OCH3 is 1. The van der Waals surface area contributed by atoms with Crippen LogP contribution in [0.25, 0.3) is 0 Å². The van der Waals surface area contributed by atoms with Crippen LogP contribution in [0.1, 0.15) is 13.3 Å². The zero-order valence-electron chi connectivity index (χ0n) is 7.69. The van der Waals surface area contributed by atoms with Crippen molar-refractivity contribution < 1.29 is 19.4 Å². The lowest BCUT2D eigenvalue weighted by Gasteiger charge is -2.20. The Hall–Kier alpha value is -1.10. The molecule has 0 aromatic rings. The fraction of sp³-hybridized carbons (Fsp3) is 0.750. The highest BCUT2D eigenvalue weighted by atomic mass is 16.5. The second-order valence-electron chi connectivity index (χ2n) is 3.10. The number of carbonyl (C=O) groups is 2. The second kappa shape index (κ2) is 3.74. The standard InChI is InChI=1S/C8H13NO4/c1-5(10)9-4-6(11)3-7(9)8(12)13-2/h6-7,11H,3-4H2,1-2H3/t6?,7-/m1/s1. The first-order chi connectivity index (χ1) is 6.06. The van der Waals surface area contributed by atoms with Gasteiger partial charge in [0.2, 0.25) is 5.91 Å². The third kappa shape index (κ3) is 1.98. The quantitative estimate of drug-likeness (QED) is 0.542. The van der Waals surface area contributed by atoms with Crippen LogP contribution >= 0.6 is 0 Å². The molecule has 0 bridgehead atoms. The summed E-state index contributed by atoms with van der Waals surface area (Å²) in [5, 5.41) is 9.26. The molecule has 1 unspecified atom stereocenters. The number of aliphatic hydroxyl groups excluding tert-OH is 1. The van der Waals surface area contributed by atoms with Crippen LogP contribution < -0.4 is 0 Å². The fourth-order valence-corrected chi connectivity index (χ4v) is 1.52. The van der Waals surface area contributed by atoms with Gasteiger partial charge in [-0.3, -0.25) is 4.79 Å². The van der Waals surface area contributed by atoms with E-state index in [1.165, 1.54) is 18.9 Å². The third-order valence-electron chi connectivity index (χ3n) is 2.16. The zero-order chi connectivity index (χ0) is 10.0. The lowest BCUT2D eigenvalue weighted by Crippen LogP contribution is -2.39. The number of amides is 1. The van der Waals surface area contributed by atoms with Gasteiger partial charge in [0, 0.05) is 19.9 Å². The first-order valence-corrected chi connectivity index (χ1v) is 4.09. The first kappa shape index (κ1) is 9.98. The topological polar surface area (TPSA) is 66.8 Å². The number of aliphatic hydroxyl groups is 1. The smallest absolute Gasteiger partial charge is 0.328 e. The molecular weight excluding hydrogens is 174 g/mol. The van der Waals surface area contributed by atoms with Crippen molar-refractivity contribution >= 4 is 11.9 Å². The second-order valence-corrected chi connectivity index (χ2v) is 3.10. The van der Waals surface area contributed by atoms with Gasteiger partial charge in [-0.15, -0.1) is 0 Å². The average molecular weight is 187 g/mol. The molecule has 0 spiro atoms. The van der Waals surface area contributed by atoms with E-state index in [0.717, 1.165) is 0 Å². The molecule has 0 saturated carbocycles. The number of β-amino-alcohol motifs (C(OH)–C–C–N with tert-alkyl or cyclic N) is 1. The summed E-state index contributed by atoms with van der Waals surface area (Å²) in [5.41, 5.74) is 0. The highest BCUT2D eigenvalue weighted by Crippen LogP contribution is 2.18. The van der Waals surface area contributed by atoms with E-state index in [1.54, 1.807) is 0 Å². The molecule has 1 aliphatic rings. The number of esters is 1. The molecule has 0 aromatic carbocycles. The molecule has 1 aliphatic heterocycles. The van der Waals surface area contributed by atoms with Crippen molar-refractivity contribution in [3.63, 3.8) is 0 Å². The normalized spacial score (nSPS) is 27.5. The molecule has 13 heavy (non-hydrogen) atoms. The van der Waals surface area contributed by atoms with Gasteiger partial charge in [0.15, 0.2) is 0 Å². The van der Waals surface area contributed by atoms with Crippen LogP contribution in [0.4, 0.5) is 0 Å². The van der Waals surface area contributed by atoms with Crippen molar-refractivity contribution in [1.82, 2.24) is 4.90 Å². The molecular formula is C8H13NO4. The Morgan fingerprint density at radius 3 is 2.62 bits per heavy atom. The Morgan fingerprint density at radius 2 is 2.15 bits per heavy atom. The van der Waals surface area contributed by atoms with E-state index < -0.39 is 18.1 Å². The van der Waals surface area contributed by atoms with Gasteiger partial charge in [0.25, 0.3) is 0 Å². The molecule has 74 valence electrons. The van der Waals surface area contributed by atoms with Gasteiger partial charge in [0.05, 0.1) is 13.2 Å². The lowest BCUT2D eigenvalue weighted by molar-refractivity contribution is -0.150. The highest BCUT2D eigenvalue weighted by Gasteiger charge is 2.37. The molecule has 1 saturated heterocycles. The van der Waals surface area contributed by atoms with Gasteiger partial charge in [0.1, 0.15) is 6.04 Å². The minimum absolute atomic E-state index is 0.216. The van der Waals surface area contributed by atoms with Gasteiger partial charge in [-0.1, -0.05) is 0 Å². The molecule has 2 atom stereocenters. The Labute approximate surface area is 76.3 Å². The SMILES string of the molecule is COC(=O)[C@H]1CC(O)CN1C(C)=O. The fourth-order valence-electron chi connectivity index (χ4n) is 1.52. The van der Waals surface area contributed by atoms with Crippen LogP contribution in [0.2, 0.25) is 0 Å². The largest absolute Gasteiger partial charge is 0.467 e. The number of ether oxygens (including phenoxy) is 1. The minimum atomic E-state index is -0.618. The van der Waals surface area contributed by atoms with Crippen molar-refractivity contribution in [1.29, 1.82) is 0 Å². The highest BCUT2D eigenvalue weighted by molar-refractivity contribution is 5.84. The maximum absolute atomic E-state index is 11.1. The summed E-state index contributed by atoms with van der Waals surface area (Å²) in [7, 11) is 1.27. The van der Waals surface area contributed by atoms with Crippen molar-refractivity contribution in [2.75, 3.05) is 13.7 Å². The van der Waals surface area contributed by atoms with Crippen molar-refractivity contribution in [2.45, 2.75) is 25.5 Å². The zero-order valence-corrected chi connectivity index (χ0v) is 7.69. The van der Waals surface area contributed by atoms with E-state index in [2.05, 4.69) is 4.74 Å². The molecule has 1 rings (SSSR count). The van der Waals surface area contributed by atoms with Crippen LogP contribution in [0, 0.1) is 0 Å². The van der Waals surface area contributed by atoms with Crippen molar-refractivity contribution in [3.8, 4) is 0 Å². The van der Waals surface area contributed by atoms with E-state index in [4.69, 9.17) is 0 Å². The van der Waals surface area contributed by atoms with Crippen LogP contribution in [-0.2, 0) is 14.3 Å². The summed E-state index contributed by atoms with van der Waals surface area (Å²) in [6.45, 7) is 1.59. The van der Waals surface area contributed by atoms with Gasteiger partial charge in [-0.2, -0.15) is 0 Å². The Balaban J connectivity index is 2.71. The number of hydrogen-bond donors (Lipinski definition) is 1. The van der Waals surface area contributed by atoms with Gasteiger partial charge < -0.3 is 14.7 Å². The maximum Gasteiger partial charge on any atom is 0.328 e.